The normalized spacial score (nSPS) is 20.1. The predicted octanol–water partition coefficient (Wildman–Crippen LogP) is 2.50. The second-order valence-corrected chi connectivity index (χ2v) is 10.1. The molecular formula is C23H26N6OS. The Morgan fingerprint density at radius 2 is 1.94 bits per heavy atom. The molecule has 31 heavy (non-hydrogen) atoms. The summed E-state index contributed by atoms with van der Waals surface area (Å²) in [4.78, 5) is 33.2. The molecule has 3 aliphatic rings. The molecule has 0 radical (unpaired) electrons. The number of anilines is 1. The van der Waals surface area contributed by atoms with Crippen molar-refractivity contribution in [1.29, 1.82) is 0 Å². The lowest BCUT2D eigenvalue weighted by atomic mass is 9.77. The summed E-state index contributed by atoms with van der Waals surface area (Å²) in [5.41, 5.74) is 2.15. The van der Waals surface area contributed by atoms with Gasteiger partial charge in [0.15, 0.2) is 0 Å². The van der Waals surface area contributed by atoms with E-state index in [1.165, 1.54) is 4.88 Å². The van der Waals surface area contributed by atoms with Crippen molar-refractivity contribution in [3.63, 3.8) is 0 Å². The van der Waals surface area contributed by atoms with E-state index in [2.05, 4.69) is 37.3 Å². The van der Waals surface area contributed by atoms with E-state index in [-0.39, 0.29) is 11.0 Å². The minimum atomic E-state index is 0.151. The van der Waals surface area contributed by atoms with Crippen LogP contribution in [-0.4, -0.2) is 44.1 Å². The van der Waals surface area contributed by atoms with Crippen LogP contribution in [-0.2, 0) is 32.5 Å². The molecule has 1 fully saturated rings. The molecule has 0 aliphatic carbocycles. The van der Waals surface area contributed by atoms with Gasteiger partial charge in [0.1, 0.15) is 5.82 Å². The first kappa shape index (κ1) is 19.1. The Labute approximate surface area is 185 Å². The highest BCUT2D eigenvalue weighted by Gasteiger charge is 2.42. The van der Waals surface area contributed by atoms with Gasteiger partial charge >= 0.3 is 0 Å². The van der Waals surface area contributed by atoms with Gasteiger partial charge in [0, 0.05) is 49.7 Å². The third-order valence-electron chi connectivity index (χ3n) is 7.13. The summed E-state index contributed by atoms with van der Waals surface area (Å²) >= 11 is 1.83. The summed E-state index contributed by atoms with van der Waals surface area (Å²) in [5.74, 6) is 1.69. The molecule has 0 N–H and O–H groups in total. The van der Waals surface area contributed by atoms with E-state index in [1.807, 2.05) is 22.0 Å². The molecule has 0 unspecified atom stereocenters. The molecule has 0 bridgehead atoms. The summed E-state index contributed by atoms with van der Waals surface area (Å²) in [6.45, 7) is 5.41. The molecule has 0 saturated carbocycles. The van der Waals surface area contributed by atoms with Crippen LogP contribution in [0.5, 0.6) is 0 Å². The zero-order valence-corrected chi connectivity index (χ0v) is 18.4. The quantitative estimate of drug-likeness (QED) is 0.631. The van der Waals surface area contributed by atoms with E-state index < -0.39 is 0 Å². The molecule has 3 aromatic heterocycles. The minimum absolute atomic E-state index is 0.151. The van der Waals surface area contributed by atoms with Crippen LogP contribution in [0.3, 0.4) is 0 Å². The van der Waals surface area contributed by atoms with Gasteiger partial charge < -0.3 is 4.90 Å². The average molecular weight is 435 g/mol. The van der Waals surface area contributed by atoms with E-state index in [1.54, 1.807) is 12.4 Å². The van der Waals surface area contributed by atoms with Crippen LogP contribution in [0.15, 0.2) is 40.8 Å². The topological polar surface area (TPSA) is 67.2 Å². The summed E-state index contributed by atoms with van der Waals surface area (Å²) < 4.78 is 1.98. The zero-order chi connectivity index (χ0) is 20.8. The van der Waals surface area contributed by atoms with Crippen LogP contribution >= 0.6 is 11.3 Å². The molecule has 0 aromatic carbocycles. The summed E-state index contributed by atoms with van der Waals surface area (Å²) in [6.07, 6.45) is 7.48. The molecular weight excluding hydrogens is 408 g/mol. The van der Waals surface area contributed by atoms with Gasteiger partial charge in [-0.05, 0) is 48.9 Å². The van der Waals surface area contributed by atoms with Crippen LogP contribution in [0.2, 0.25) is 0 Å². The van der Waals surface area contributed by atoms with Crippen LogP contribution in [0.1, 0.15) is 34.8 Å². The fraction of sp³-hybridized carbons (Fsp3) is 0.478. The molecule has 1 spiro atoms. The van der Waals surface area contributed by atoms with Crippen molar-refractivity contribution in [1.82, 2.24) is 24.4 Å². The Kier molecular flexibility index (Phi) is 4.65. The molecule has 6 heterocycles. The number of fused-ring (bicyclic) bond motifs is 2. The van der Waals surface area contributed by atoms with E-state index in [9.17, 15) is 4.79 Å². The van der Waals surface area contributed by atoms with Crippen molar-refractivity contribution in [2.75, 3.05) is 24.5 Å². The van der Waals surface area contributed by atoms with Gasteiger partial charge in [0.05, 0.1) is 17.8 Å². The highest BCUT2D eigenvalue weighted by atomic mass is 32.1. The fourth-order valence-corrected chi connectivity index (χ4v) is 6.10. The standard InChI is InChI=1S/C23H26N6OS/c30-21-18-15-28(22-24-7-2-8-25-22)9-4-19(18)26-20-13-23(16-29(20)21)5-10-27(11-6-23)14-17-3-1-12-31-17/h1-3,7-8,12H,4-6,9-11,13-16H2. The van der Waals surface area contributed by atoms with Gasteiger partial charge in [-0.2, -0.15) is 0 Å². The number of aromatic nitrogens is 4. The first-order chi connectivity index (χ1) is 15.2. The largest absolute Gasteiger partial charge is 0.336 e. The fourth-order valence-electron chi connectivity index (χ4n) is 5.36. The van der Waals surface area contributed by atoms with Crippen molar-refractivity contribution in [2.45, 2.75) is 45.3 Å². The Balaban J connectivity index is 1.20. The third kappa shape index (κ3) is 3.47. The number of piperidine rings is 1. The van der Waals surface area contributed by atoms with Crippen molar-refractivity contribution < 1.29 is 0 Å². The van der Waals surface area contributed by atoms with Crippen LogP contribution in [0, 0.1) is 5.41 Å². The van der Waals surface area contributed by atoms with Crippen molar-refractivity contribution in [3.8, 4) is 0 Å². The van der Waals surface area contributed by atoms with Gasteiger partial charge in [0.2, 0.25) is 5.95 Å². The smallest absolute Gasteiger partial charge is 0.258 e. The Hall–Kier alpha value is -2.58. The lowest BCUT2D eigenvalue weighted by Gasteiger charge is -2.38. The summed E-state index contributed by atoms with van der Waals surface area (Å²) in [6, 6.07) is 6.16. The number of hydrogen-bond donors (Lipinski definition) is 0. The number of nitrogens with zero attached hydrogens (tertiary/aromatic N) is 6. The molecule has 3 aromatic rings. The van der Waals surface area contributed by atoms with Gasteiger partial charge in [-0.25, -0.2) is 15.0 Å². The Morgan fingerprint density at radius 1 is 1.10 bits per heavy atom. The second-order valence-electron chi connectivity index (χ2n) is 9.10. The molecule has 0 atom stereocenters. The Morgan fingerprint density at radius 3 is 2.71 bits per heavy atom. The molecule has 160 valence electrons. The lowest BCUT2D eigenvalue weighted by molar-refractivity contribution is 0.0985. The molecule has 8 heteroatoms. The Bertz CT molecular complexity index is 1130. The van der Waals surface area contributed by atoms with Crippen molar-refractivity contribution >= 4 is 17.3 Å². The highest BCUT2D eigenvalue weighted by Crippen LogP contribution is 2.41. The first-order valence-corrected chi connectivity index (χ1v) is 12.0. The van der Waals surface area contributed by atoms with Gasteiger partial charge in [-0.15, -0.1) is 11.3 Å². The van der Waals surface area contributed by atoms with E-state index in [0.717, 1.165) is 75.5 Å². The molecule has 1 saturated heterocycles. The van der Waals surface area contributed by atoms with Crippen LogP contribution < -0.4 is 10.5 Å². The maximum absolute atomic E-state index is 13.4. The number of likely N-dealkylation sites (tertiary alicyclic amines) is 1. The van der Waals surface area contributed by atoms with Crippen molar-refractivity contribution in [2.24, 2.45) is 5.41 Å². The number of hydrogen-bond acceptors (Lipinski definition) is 7. The minimum Gasteiger partial charge on any atom is -0.336 e. The van der Waals surface area contributed by atoms with Gasteiger partial charge in [0.25, 0.3) is 5.56 Å². The molecule has 6 rings (SSSR count). The van der Waals surface area contributed by atoms with Gasteiger partial charge in [-0.1, -0.05) is 6.07 Å². The summed E-state index contributed by atoms with van der Waals surface area (Å²) in [7, 11) is 0. The average Bonchev–Trinajstić information content (AvgIpc) is 3.44. The maximum Gasteiger partial charge on any atom is 0.258 e. The molecule has 3 aliphatic heterocycles. The highest BCUT2D eigenvalue weighted by molar-refractivity contribution is 7.09. The third-order valence-corrected chi connectivity index (χ3v) is 7.99. The number of rotatable bonds is 3. The van der Waals surface area contributed by atoms with E-state index in [0.29, 0.717) is 12.5 Å². The van der Waals surface area contributed by atoms with Crippen LogP contribution in [0.4, 0.5) is 5.95 Å². The van der Waals surface area contributed by atoms with E-state index in [4.69, 9.17) is 4.98 Å². The summed E-state index contributed by atoms with van der Waals surface area (Å²) in [5, 5.41) is 2.15. The molecule has 7 nitrogen and oxygen atoms in total. The monoisotopic (exact) mass is 434 g/mol. The SMILES string of the molecule is O=c1c2c(nc3n1CC1(CCN(Cc4cccs4)CC1)C3)CCN(c1ncccn1)C2. The number of thiophene rings is 1. The first-order valence-electron chi connectivity index (χ1n) is 11.1. The van der Waals surface area contributed by atoms with Crippen molar-refractivity contribution in [3.05, 3.63) is 68.3 Å². The van der Waals surface area contributed by atoms with Crippen LogP contribution in [0.25, 0.3) is 0 Å². The molecule has 0 amide bonds. The van der Waals surface area contributed by atoms with Gasteiger partial charge in [-0.3, -0.25) is 14.3 Å². The lowest BCUT2D eigenvalue weighted by Crippen LogP contribution is -2.41. The zero-order valence-electron chi connectivity index (χ0n) is 17.5. The second kappa shape index (κ2) is 7.53. The van der Waals surface area contributed by atoms with E-state index >= 15 is 0 Å². The maximum atomic E-state index is 13.4. The predicted molar refractivity (Wildman–Crippen MR) is 120 cm³/mol.